The summed E-state index contributed by atoms with van der Waals surface area (Å²) in [5.74, 6) is 0.675. The molecule has 0 atom stereocenters. The Bertz CT molecular complexity index is 721. The number of hydrogen-bond donors (Lipinski definition) is 2. The van der Waals surface area contributed by atoms with Crippen molar-refractivity contribution in [2.75, 3.05) is 5.32 Å². The van der Waals surface area contributed by atoms with Gasteiger partial charge in [0.15, 0.2) is 0 Å². The van der Waals surface area contributed by atoms with E-state index in [4.69, 9.17) is 33.2 Å². The summed E-state index contributed by atoms with van der Waals surface area (Å²) in [5, 5.41) is 26.0. The fraction of sp³-hybridized carbons (Fsp3) is 0.231. The van der Waals surface area contributed by atoms with Crippen LogP contribution >= 0.6 is 23.2 Å². The molecule has 7 nitrogen and oxygen atoms in total. The molecule has 114 valence electrons. The molecular weight excluding hydrogens is 327 g/mol. The largest absolute Gasteiger partial charge is 0.489 e. The third kappa shape index (κ3) is 3.87. The number of nitrogens with one attached hydrogen (secondary N) is 2. The fourth-order valence-electron chi connectivity index (χ4n) is 1.56. The van der Waals surface area contributed by atoms with E-state index < -0.39 is 0 Å². The number of anilines is 1. The Morgan fingerprint density at radius 3 is 2.77 bits per heavy atom. The monoisotopic (exact) mass is 338 g/mol. The topological polar surface area (TPSA) is 99.5 Å². The maximum Gasteiger partial charge on any atom is 0.216 e. The third-order valence-electron chi connectivity index (χ3n) is 2.46. The van der Waals surface area contributed by atoms with Gasteiger partial charge in [-0.1, -0.05) is 23.2 Å². The minimum atomic E-state index is -0.0314. The number of nitrogens with zero attached hydrogens (tertiary/aromatic N) is 4. The number of allylic oxidation sites excluding steroid dienone is 1. The van der Waals surface area contributed by atoms with Crippen LogP contribution in [0, 0.1) is 11.3 Å². The molecule has 9 heteroatoms. The van der Waals surface area contributed by atoms with Crippen LogP contribution in [0.5, 0.6) is 5.75 Å². The highest BCUT2D eigenvalue weighted by molar-refractivity contribution is 6.37. The highest BCUT2D eigenvalue weighted by Crippen LogP contribution is 2.35. The predicted octanol–water partition coefficient (Wildman–Crippen LogP) is 3.27. The van der Waals surface area contributed by atoms with Gasteiger partial charge < -0.3 is 10.1 Å². The molecule has 0 radical (unpaired) electrons. The van der Waals surface area contributed by atoms with Crippen LogP contribution in [0.2, 0.25) is 10.0 Å². The first kappa shape index (κ1) is 16.1. The average molecular weight is 339 g/mol. The zero-order valence-corrected chi connectivity index (χ0v) is 13.3. The maximum atomic E-state index is 9.10. The number of nitriles is 1. The molecule has 0 fully saturated rings. The second-order valence-corrected chi connectivity index (χ2v) is 5.29. The zero-order valence-electron chi connectivity index (χ0n) is 11.8. The lowest BCUT2D eigenvalue weighted by molar-refractivity contribution is 0.242. The Balaban J connectivity index is 2.27. The summed E-state index contributed by atoms with van der Waals surface area (Å²) in [6.07, 6.45) is 1.40. The lowest BCUT2D eigenvalue weighted by Crippen LogP contribution is -2.06. The summed E-state index contributed by atoms with van der Waals surface area (Å²) in [5.41, 5.74) is 0.740. The molecular formula is C13H12Cl2N6O. The van der Waals surface area contributed by atoms with Gasteiger partial charge in [0.05, 0.1) is 21.8 Å². The minimum absolute atomic E-state index is 0.0314. The van der Waals surface area contributed by atoms with Crippen molar-refractivity contribution in [2.45, 2.75) is 20.0 Å². The van der Waals surface area contributed by atoms with Crippen molar-refractivity contribution in [1.82, 2.24) is 20.6 Å². The second-order valence-electron chi connectivity index (χ2n) is 4.48. The third-order valence-corrected chi connectivity index (χ3v) is 3.07. The van der Waals surface area contributed by atoms with Gasteiger partial charge in [0.2, 0.25) is 5.82 Å². The Morgan fingerprint density at radius 1 is 1.41 bits per heavy atom. The van der Waals surface area contributed by atoms with E-state index in [-0.39, 0.29) is 17.5 Å². The molecule has 2 N–H and O–H groups in total. The molecule has 1 heterocycles. The molecule has 0 bridgehead atoms. The van der Waals surface area contributed by atoms with E-state index in [1.807, 2.05) is 19.9 Å². The Morgan fingerprint density at radius 2 is 2.18 bits per heavy atom. The molecule has 0 aliphatic carbocycles. The van der Waals surface area contributed by atoms with Gasteiger partial charge >= 0.3 is 0 Å². The Hall–Kier alpha value is -2.30. The summed E-state index contributed by atoms with van der Waals surface area (Å²) < 4.78 is 5.59. The summed E-state index contributed by atoms with van der Waals surface area (Å²) in [4.78, 5) is 0. The van der Waals surface area contributed by atoms with Gasteiger partial charge in [-0.15, -0.1) is 10.2 Å². The normalized spacial score (nSPS) is 11.4. The van der Waals surface area contributed by atoms with E-state index in [0.717, 1.165) is 0 Å². The molecule has 2 rings (SSSR count). The quantitative estimate of drug-likeness (QED) is 0.811. The van der Waals surface area contributed by atoms with Crippen LogP contribution in [0.25, 0.3) is 5.57 Å². The number of aromatic nitrogens is 4. The van der Waals surface area contributed by atoms with E-state index in [1.54, 1.807) is 12.1 Å². The molecule has 0 aliphatic rings. The van der Waals surface area contributed by atoms with E-state index in [9.17, 15) is 0 Å². The van der Waals surface area contributed by atoms with Crippen LogP contribution in [-0.4, -0.2) is 26.7 Å². The van der Waals surface area contributed by atoms with Crippen molar-refractivity contribution in [3.8, 4) is 11.8 Å². The smallest absolute Gasteiger partial charge is 0.216 e. The first-order chi connectivity index (χ1) is 10.5. The standard InChI is InChI=1S/C13H12Cl2N6O/c1-7(2)22-12-4-11(9(14)3-10(12)15)17-6-8(5-16)13-18-20-21-19-13/h3-4,6-7,17H,1-2H3,(H,18,19,20,21). The highest BCUT2D eigenvalue weighted by atomic mass is 35.5. The van der Waals surface area contributed by atoms with Crippen molar-refractivity contribution >= 4 is 34.5 Å². The van der Waals surface area contributed by atoms with Gasteiger partial charge in [-0.2, -0.15) is 10.5 Å². The number of ether oxygens (including phenoxy) is 1. The zero-order chi connectivity index (χ0) is 16.1. The molecule has 2 aromatic rings. The second kappa shape index (κ2) is 7.11. The Kier molecular flexibility index (Phi) is 5.20. The van der Waals surface area contributed by atoms with Crippen LogP contribution in [0.4, 0.5) is 5.69 Å². The van der Waals surface area contributed by atoms with Gasteiger partial charge in [0, 0.05) is 12.3 Å². The number of aromatic amines is 1. The minimum Gasteiger partial charge on any atom is -0.489 e. The average Bonchev–Trinajstić information content (AvgIpc) is 2.97. The van der Waals surface area contributed by atoms with Crippen molar-refractivity contribution in [3.05, 3.63) is 34.2 Å². The molecule has 0 amide bonds. The summed E-state index contributed by atoms with van der Waals surface area (Å²) in [6, 6.07) is 5.19. The molecule has 1 aromatic heterocycles. The van der Waals surface area contributed by atoms with Crippen molar-refractivity contribution < 1.29 is 4.74 Å². The van der Waals surface area contributed by atoms with E-state index in [0.29, 0.717) is 21.5 Å². The Labute approximate surface area is 136 Å². The molecule has 1 aromatic carbocycles. The summed E-state index contributed by atoms with van der Waals surface area (Å²) in [6.45, 7) is 3.78. The summed E-state index contributed by atoms with van der Waals surface area (Å²) in [7, 11) is 0. The van der Waals surface area contributed by atoms with E-state index in [1.165, 1.54) is 6.20 Å². The van der Waals surface area contributed by atoms with E-state index in [2.05, 4.69) is 25.9 Å². The highest BCUT2D eigenvalue weighted by Gasteiger charge is 2.11. The number of benzene rings is 1. The number of hydrogen-bond acceptors (Lipinski definition) is 6. The SMILES string of the molecule is CC(C)Oc1cc(NC=C(C#N)c2nn[nH]n2)c(Cl)cc1Cl. The number of rotatable bonds is 5. The molecule has 0 saturated carbocycles. The molecule has 0 aliphatic heterocycles. The molecule has 0 spiro atoms. The fourth-order valence-corrected chi connectivity index (χ4v) is 2.04. The maximum absolute atomic E-state index is 9.10. The van der Waals surface area contributed by atoms with E-state index >= 15 is 0 Å². The number of H-pyrrole nitrogens is 1. The van der Waals surface area contributed by atoms with Crippen LogP contribution in [0.3, 0.4) is 0 Å². The number of halogens is 2. The van der Waals surface area contributed by atoms with Crippen LogP contribution in [-0.2, 0) is 0 Å². The van der Waals surface area contributed by atoms with Gasteiger partial charge in [-0.3, -0.25) is 0 Å². The first-order valence-corrected chi connectivity index (χ1v) is 7.03. The lowest BCUT2D eigenvalue weighted by atomic mass is 10.2. The van der Waals surface area contributed by atoms with Crippen LogP contribution in [0.15, 0.2) is 18.3 Å². The molecule has 22 heavy (non-hydrogen) atoms. The predicted molar refractivity (Wildman–Crippen MR) is 83.6 cm³/mol. The van der Waals surface area contributed by atoms with Gasteiger partial charge in [-0.05, 0) is 25.1 Å². The van der Waals surface area contributed by atoms with Crippen molar-refractivity contribution in [3.63, 3.8) is 0 Å². The van der Waals surface area contributed by atoms with Crippen molar-refractivity contribution in [1.29, 1.82) is 5.26 Å². The van der Waals surface area contributed by atoms with Gasteiger partial charge in [-0.25, -0.2) is 0 Å². The van der Waals surface area contributed by atoms with Crippen molar-refractivity contribution in [2.24, 2.45) is 0 Å². The lowest BCUT2D eigenvalue weighted by Gasteiger charge is -2.14. The van der Waals surface area contributed by atoms with Crippen LogP contribution in [0.1, 0.15) is 19.7 Å². The molecule has 0 unspecified atom stereocenters. The summed E-state index contributed by atoms with van der Waals surface area (Å²) >= 11 is 12.2. The van der Waals surface area contributed by atoms with Gasteiger partial charge in [0.1, 0.15) is 17.4 Å². The first-order valence-electron chi connectivity index (χ1n) is 6.27. The van der Waals surface area contributed by atoms with Gasteiger partial charge in [0.25, 0.3) is 0 Å². The van der Waals surface area contributed by atoms with Crippen LogP contribution < -0.4 is 10.1 Å². The number of tetrazole rings is 1. The molecule has 0 saturated heterocycles.